The summed E-state index contributed by atoms with van der Waals surface area (Å²) in [5, 5.41) is 27.1. The van der Waals surface area contributed by atoms with Crippen LogP contribution < -0.4 is 0 Å². The summed E-state index contributed by atoms with van der Waals surface area (Å²) in [4.78, 5) is 0. The second-order valence-corrected chi connectivity index (χ2v) is 4.61. The van der Waals surface area contributed by atoms with Crippen LogP contribution >= 0.6 is 0 Å². The van der Waals surface area contributed by atoms with Crippen LogP contribution in [0.1, 0.15) is 22.3 Å². The molecule has 0 bridgehead atoms. The normalized spacial score (nSPS) is 11.5. The van der Waals surface area contributed by atoms with Crippen LogP contribution in [0, 0.1) is 13.8 Å². The summed E-state index contributed by atoms with van der Waals surface area (Å²) >= 11 is 0. The number of benzene rings is 2. The summed E-state index contributed by atoms with van der Waals surface area (Å²) in [5.74, 6) is 0.320. The quantitative estimate of drug-likeness (QED) is 0.663. The van der Waals surface area contributed by atoms with Crippen LogP contribution in [0.5, 0.6) is 11.5 Å². The van der Waals surface area contributed by atoms with E-state index >= 15 is 0 Å². The lowest BCUT2D eigenvalue weighted by Crippen LogP contribution is -1.85. The molecule has 2 aromatic carbocycles. The molecule has 0 saturated heterocycles. The average Bonchev–Trinajstić information content (AvgIpc) is 2.42. The number of rotatable bonds is 3. The van der Waals surface area contributed by atoms with Gasteiger partial charge in [-0.25, -0.2) is 0 Å². The van der Waals surface area contributed by atoms with Crippen molar-refractivity contribution in [2.75, 3.05) is 0 Å². The van der Waals surface area contributed by atoms with Crippen LogP contribution in [0.25, 0.3) is 0 Å². The van der Waals surface area contributed by atoms with E-state index in [4.69, 9.17) is 0 Å². The minimum Gasteiger partial charge on any atom is -0.507 e. The molecule has 0 atom stereocenters. The first kappa shape index (κ1) is 13.8. The Bertz CT molecular complexity index is 617. The maximum absolute atomic E-state index is 9.65. The number of aryl methyl sites for hydroxylation is 2. The molecular weight excluding hydrogens is 252 g/mol. The molecule has 0 aromatic heterocycles. The van der Waals surface area contributed by atoms with Crippen molar-refractivity contribution >= 4 is 12.4 Å². The lowest BCUT2D eigenvalue weighted by Gasteiger charge is -1.99. The van der Waals surface area contributed by atoms with Gasteiger partial charge in [-0.2, -0.15) is 10.2 Å². The summed E-state index contributed by atoms with van der Waals surface area (Å²) in [7, 11) is 0. The van der Waals surface area contributed by atoms with Gasteiger partial charge in [0, 0.05) is 11.1 Å². The van der Waals surface area contributed by atoms with E-state index < -0.39 is 0 Å². The molecular formula is C16H16N2O2. The van der Waals surface area contributed by atoms with E-state index in [1.165, 1.54) is 12.4 Å². The van der Waals surface area contributed by atoms with Crippen LogP contribution in [0.3, 0.4) is 0 Å². The molecule has 0 unspecified atom stereocenters. The maximum Gasteiger partial charge on any atom is 0.124 e. The Morgan fingerprint density at radius 3 is 1.55 bits per heavy atom. The highest BCUT2D eigenvalue weighted by atomic mass is 16.3. The van der Waals surface area contributed by atoms with Crippen molar-refractivity contribution in [2.45, 2.75) is 13.8 Å². The van der Waals surface area contributed by atoms with Crippen molar-refractivity contribution in [3.63, 3.8) is 0 Å². The molecule has 2 rings (SSSR count). The van der Waals surface area contributed by atoms with Gasteiger partial charge in [-0.1, -0.05) is 23.3 Å². The fourth-order valence-electron chi connectivity index (χ4n) is 1.75. The van der Waals surface area contributed by atoms with Crippen molar-refractivity contribution in [3.05, 3.63) is 58.7 Å². The average molecular weight is 268 g/mol. The molecule has 4 nitrogen and oxygen atoms in total. The second-order valence-electron chi connectivity index (χ2n) is 4.61. The van der Waals surface area contributed by atoms with E-state index in [0.29, 0.717) is 11.1 Å². The number of hydrogen-bond donors (Lipinski definition) is 2. The summed E-state index contributed by atoms with van der Waals surface area (Å²) in [6.07, 6.45) is 2.96. The molecule has 4 heteroatoms. The smallest absolute Gasteiger partial charge is 0.124 e. The van der Waals surface area contributed by atoms with Crippen LogP contribution in [0.2, 0.25) is 0 Å². The van der Waals surface area contributed by atoms with Gasteiger partial charge in [0.15, 0.2) is 0 Å². The zero-order valence-corrected chi connectivity index (χ0v) is 11.4. The lowest BCUT2D eigenvalue weighted by molar-refractivity contribution is 0.473. The van der Waals surface area contributed by atoms with Crippen LogP contribution in [0.15, 0.2) is 46.6 Å². The van der Waals surface area contributed by atoms with E-state index in [9.17, 15) is 10.2 Å². The van der Waals surface area contributed by atoms with E-state index in [0.717, 1.165) is 11.1 Å². The van der Waals surface area contributed by atoms with Crippen molar-refractivity contribution in [1.29, 1.82) is 0 Å². The molecule has 102 valence electrons. The van der Waals surface area contributed by atoms with E-state index in [-0.39, 0.29) is 11.5 Å². The maximum atomic E-state index is 9.65. The monoisotopic (exact) mass is 268 g/mol. The molecule has 2 N–H and O–H groups in total. The second kappa shape index (κ2) is 6.02. The van der Waals surface area contributed by atoms with Crippen LogP contribution in [0.4, 0.5) is 0 Å². The molecule has 0 radical (unpaired) electrons. The number of aromatic hydroxyl groups is 2. The van der Waals surface area contributed by atoms with Crippen molar-refractivity contribution in [1.82, 2.24) is 0 Å². The third-order valence-corrected chi connectivity index (χ3v) is 2.83. The lowest BCUT2D eigenvalue weighted by atomic mass is 10.1. The van der Waals surface area contributed by atoms with Gasteiger partial charge in [0.1, 0.15) is 11.5 Å². The zero-order valence-electron chi connectivity index (χ0n) is 11.4. The Morgan fingerprint density at radius 2 is 1.15 bits per heavy atom. The van der Waals surface area contributed by atoms with Crippen molar-refractivity contribution < 1.29 is 10.2 Å². The SMILES string of the molecule is Cc1ccc(O)c(/C=N\N=C/c2cc(C)ccc2O)c1. The summed E-state index contributed by atoms with van der Waals surface area (Å²) in [6.45, 7) is 3.87. The van der Waals surface area contributed by atoms with Gasteiger partial charge in [0.05, 0.1) is 12.4 Å². The Morgan fingerprint density at radius 1 is 0.750 bits per heavy atom. The summed E-state index contributed by atoms with van der Waals surface area (Å²) < 4.78 is 0. The minimum atomic E-state index is 0.160. The van der Waals surface area contributed by atoms with Gasteiger partial charge >= 0.3 is 0 Å². The molecule has 0 aliphatic heterocycles. The third-order valence-electron chi connectivity index (χ3n) is 2.83. The standard InChI is InChI=1S/C16H16N2O2/c1-11-3-5-15(19)13(7-11)9-17-18-10-14-8-12(2)4-6-16(14)20/h3-10,19-20H,1-2H3/b17-9-,18-10-. The number of phenolic OH excluding ortho intramolecular Hbond substituents is 2. The highest BCUT2D eigenvalue weighted by Crippen LogP contribution is 2.17. The number of hydrogen-bond acceptors (Lipinski definition) is 4. The molecule has 20 heavy (non-hydrogen) atoms. The Kier molecular flexibility index (Phi) is 4.15. The molecule has 0 amide bonds. The van der Waals surface area contributed by atoms with Gasteiger partial charge in [-0.15, -0.1) is 0 Å². The first-order valence-corrected chi connectivity index (χ1v) is 6.22. The molecule has 0 fully saturated rings. The molecule has 0 aliphatic rings. The van der Waals surface area contributed by atoms with Gasteiger partial charge in [0.2, 0.25) is 0 Å². The number of nitrogens with zero attached hydrogens (tertiary/aromatic N) is 2. The predicted octanol–water partition coefficient (Wildman–Crippen LogP) is 3.17. The molecule has 2 aromatic rings. The third kappa shape index (κ3) is 3.45. The van der Waals surface area contributed by atoms with Crippen LogP contribution in [-0.2, 0) is 0 Å². The first-order valence-electron chi connectivity index (χ1n) is 6.22. The largest absolute Gasteiger partial charge is 0.507 e. The summed E-state index contributed by atoms with van der Waals surface area (Å²) in [6, 6.07) is 10.5. The fraction of sp³-hybridized carbons (Fsp3) is 0.125. The Balaban J connectivity index is 2.15. The first-order chi connectivity index (χ1) is 9.56. The minimum absolute atomic E-state index is 0.160. The highest BCUT2D eigenvalue weighted by Gasteiger charge is 1.98. The van der Waals surface area contributed by atoms with Gasteiger partial charge < -0.3 is 10.2 Å². The van der Waals surface area contributed by atoms with E-state index in [1.807, 2.05) is 38.1 Å². The Labute approximate surface area is 117 Å². The molecule has 0 spiro atoms. The fourth-order valence-corrected chi connectivity index (χ4v) is 1.75. The zero-order chi connectivity index (χ0) is 14.5. The Hall–Kier alpha value is -2.62. The van der Waals surface area contributed by atoms with Gasteiger partial charge in [-0.05, 0) is 38.1 Å². The van der Waals surface area contributed by atoms with Gasteiger partial charge in [0.25, 0.3) is 0 Å². The molecule has 0 heterocycles. The van der Waals surface area contributed by atoms with Gasteiger partial charge in [-0.3, -0.25) is 0 Å². The van der Waals surface area contributed by atoms with E-state index in [2.05, 4.69) is 10.2 Å². The van der Waals surface area contributed by atoms with Crippen LogP contribution in [-0.4, -0.2) is 22.6 Å². The summed E-state index contributed by atoms with van der Waals surface area (Å²) in [5.41, 5.74) is 3.28. The highest BCUT2D eigenvalue weighted by molar-refractivity contribution is 5.86. The van der Waals surface area contributed by atoms with Crippen molar-refractivity contribution in [2.24, 2.45) is 10.2 Å². The van der Waals surface area contributed by atoms with Crippen molar-refractivity contribution in [3.8, 4) is 11.5 Å². The topological polar surface area (TPSA) is 65.2 Å². The van der Waals surface area contributed by atoms with E-state index in [1.54, 1.807) is 12.1 Å². The number of phenols is 2. The molecule has 0 aliphatic carbocycles. The molecule has 0 saturated carbocycles. The predicted molar refractivity (Wildman–Crippen MR) is 80.9 cm³/mol.